The Morgan fingerprint density at radius 2 is 1.94 bits per heavy atom. The van der Waals surface area contributed by atoms with E-state index in [1.165, 1.54) is 21.3 Å². The molecule has 32 heavy (non-hydrogen) atoms. The summed E-state index contributed by atoms with van der Waals surface area (Å²) in [6, 6.07) is 5.80. The molecule has 1 aromatic carbocycles. The van der Waals surface area contributed by atoms with E-state index < -0.39 is 14.9 Å². The summed E-state index contributed by atoms with van der Waals surface area (Å²) in [7, 11) is -1.91. The third kappa shape index (κ3) is 4.63. The molecule has 0 aliphatic carbocycles. The zero-order chi connectivity index (χ0) is 22.9. The minimum Gasteiger partial charge on any atom is -0.371 e. The van der Waals surface area contributed by atoms with Gasteiger partial charge in [0.25, 0.3) is 5.69 Å². The number of hydrogen-bond donors (Lipinski definition) is 1. The molecule has 1 saturated heterocycles. The van der Waals surface area contributed by atoms with E-state index in [-0.39, 0.29) is 28.7 Å². The van der Waals surface area contributed by atoms with Gasteiger partial charge in [-0.05, 0) is 42.6 Å². The smallest absolute Gasteiger partial charge is 0.293 e. The van der Waals surface area contributed by atoms with Crippen LogP contribution in [0.15, 0.2) is 34.5 Å². The summed E-state index contributed by atoms with van der Waals surface area (Å²) in [6.45, 7) is 2.91. The number of nitrogens with one attached hydrogen (secondary N) is 1. The van der Waals surface area contributed by atoms with Gasteiger partial charge < -0.3 is 15.1 Å². The van der Waals surface area contributed by atoms with Crippen molar-refractivity contribution in [2.45, 2.75) is 17.9 Å². The zero-order valence-corrected chi connectivity index (χ0v) is 19.3. The van der Waals surface area contributed by atoms with E-state index in [9.17, 15) is 23.3 Å². The molecule has 0 atom stereocenters. The van der Waals surface area contributed by atoms with Gasteiger partial charge in [-0.1, -0.05) is 0 Å². The second-order valence-electron chi connectivity index (χ2n) is 7.93. The van der Waals surface area contributed by atoms with Crippen LogP contribution in [0.1, 0.15) is 10.4 Å². The van der Waals surface area contributed by atoms with Gasteiger partial charge in [-0.2, -0.15) is 4.31 Å². The summed E-state index contributed by atoms with van der Waals surface area (Å²) in [5, 5.41) is 16.5. The molecular weight excluding hydrogens is 454 g/mol. The average Bonchev–Trinajstić information content (AvgIpc) is 3.25. The van der Waals surface area contributed by atoms with Crippen LogP contribution in [0.5, 0.6) is 0 Å². The van der Waals surface area contributed by atoms with Crippen LogP contribution in [-0.2, 0) is 27.8 Å². The van der Waals surface area contributed by atoms with Gasteiger partial charge in [-0.3, -0.25) is 14.9 Å². The van der Waals surface area contributed by atoms with Gasteiger partial charge in [0.05, 0.1) is 16.4 Å². The number of carbonyl (C=O) groups excluding carboxylic acids is 1. The quantitative estimate of drug-likeness (QED) is 0.494. The largest absolute Gasteiger partial charge is 0.371 e. The monoisotopic (exact) mass is 479 g/mol. The second-order valence-corrected chi connectivity index (χ2v) is 10.9. The molecule has 0 saturated carbocycles. The number of carbonyl (C=O) groups is 1. The highest BCUT2D eigenvalue weighted by atomic mass is 32.2. The Kier molecular flexibility index (Phi) is 6.47. The maximum absolute atomic E-state index is 12.9. The van der Waals surface area contributed by atoms with Crippen LogP contribution in [0, 0.1) is 10.1 Å². The van der Waals surface area contributed by atoms with Gasteiger partial charge in [-0.15, -0.1) is 11.3 Å². The summed E-state index contributed by atoms with van der Waals surface area (Å²) in [4.78, 5) is 28.6. The number of piperazine rings is 1. The molecule has 1 fully saturated rings. The molecule has 1 aromatic heterocycles. The molecule has 1 amide bonds. The fourth-order valence-electron chi connectivity index (χ4n) is 3.89. The lowest BCUT2D eigenvalue weighted by atomic mass is 10.1. The predicted octanol–water partition coefficient (Wildman–Crippen LogP) is 1.59. The van der Waals surface area contributed by atoms with Crippen LogP contribution < -0.4 is 5.32 Å². The number of anilines is 1. The Morgan fingerprint density at radius 3 is 2.66 bits per heavy atom. The molecule has 0 bridgehead atoms. The Balaban J connectivity index is 1.46. The lowest BCUT2D eigenvalue weighted by molar-refractivity contribution is -0.384. The average molecular weight is 480 g/mol. The molecule has 0 spiro atoms. The molecule has 2 aliphatic rings. The topological polar surface area (TPSA) is 116 Å². The Morgan fingerprint density at radius 1 is 1.19 bits per heavy atom. The molecule has 0 radical (unpaired) electrons. The van der Waals surface area contributed by atoms with Crippen molar-refractivity contribution < 1.29 is 18.1 Å². The van der Waals surface area contributed by atoms with Crippen LogP contribution in [0.2, 0.25) is 0 Å². The summed E-state index contributed by atoms with van der Waals surface area (Å²) >= 11 is 1.68. The van der Waals surface area contributed by atoms with Crippen LogP contribution in [0.25, 0.3) is 0 Å². The van der Waals surface area contributed by atoms with Gasteiger partial charge >= 0.3 is 0 Å². The molecule has 1 N–H and O–H groups in total. The SMILES string of the molecule is CN1CCN(S(=O)(=O)c2ccc(NCC(=O)N3CCc4sccc4C3)c([N+](=O)[O-])c2)CC1. The third-order valence-electron chi connectivity index (χ3n) is 5.86. The van der Waals surface area contributed by atoms with Gasteiger partial charge in [-0.25, -0.2) is 8.42 Å². The first-order valence-corrected chi connectivity index (χ1v) is 12.6. The Hall–Kier alpha value is -2.54. The Bertz CT molecular complexity index is 1130. The van der Waals surface area contributed by atoms with Crippen LogP contribution in [-0.4, -0.2) is 79.7 Å². The van der Waals surface area contributed by atoms with E-state index in [1.54, 1.807) is 16.2 Å². The van der Waals surface area contributed by atoms with Crippen molar-refractivity contribution in [2.24, 2.45) is 0 Å². The number of amides is 1. The highest BCUT2D eigenvalue weighted by Crippen LogP contribution is 2.30. The lowest BCUT2D eigenvalue weighted by Crippen LogP contribution is -2.47. The maximum atomic E-state index is 12.9. The van der Waals surface area contributed by atoms with Crippen LogP contribution in [0.3, 0.4) is 0 Å². The molecule has 12 heteroatoms. The number of rotatable bonds is 6. The van der Waals surface area contributed by atoms with Crippen molar-refractivity contribution in [3.63, 3.8) is 0 Å². The summed E-state index contributed by atoms with van der Waals surface area (Å²) in [6.07, 6.45) is 0.803. The van der Waals surface area contributed by atoms with Gasteiger partial charge in [0.15, 0.2) is 0 Å². The fraction of sp³-hybridized carbons (Fsp3) is 0.450. The van der Waals surface area contributed by atoms with Crippen molar-refractivity contribution >= 4 is 38.6 Å². The third-order valence-corrected chi connectivity index (χ3v) is 8.77. The fourth-order valence-corrected chi connectivity index (χ4v) is 6.23. The molecule has 10 nitrogen and oxygen atoms in total. The highest BCUT2D eigenvalue weighted by Gasteiger charge is 2.30. The highest BCUT2D eigenvalue weighted by molar-refractivity contribution is 7.89. The van der Waals surface area contributed by atoms with Crippen molar-refractivity contribution in [3.05, 3.63) is 50.2 Å². The number of fused-ring (bicyclic) bond motifs is 1. The number of likely N-dealkylation sites (N-methyl/N-ethyl adjacent to an activating group) is 1. The van der Waals surface area contributed by atoms with Crippen molar-refractivity contribution in [1.29, 1.82) is 0 Å². The van der Waals surface area contributed by atoms with E-state index in [0.717, 1.165) is 18.1 Å². The lowest BCUT2D eigenvalue weighted by Gasteiger charge is -2.31. The zero-order valence-electron chi connectivity index (χ0n) is 17.7. The van der Waals surface area contributed by atoms with Crippen molar-refractivity contribution in [2.75, 3.05) is 51.6 Å². The number of thiophene rings is 1. The van der Waals surface area contributed by atoms with E-state index in [0.29, 0.717) is 39.3 Å². The number of hydrogen-bond acceptors (Lipinski definition) is 8. The minimum atomic E-state index is -3.83. The summed E-state index contributed by atoms with van der Waals surface area (Å²) in [5.41, 5.74) is 0.889. The van der Waals surface area contributed by atoms with E-state index in [4.69, 9.17) is 0 Å². The van der Waals surface area contributed by atoms with Crippen molar-refractivity contribution in [3.8, 4) is 0 Å². The van der Waals surface area contributed by atoms with Crippen LogP contribution >= 0.6 is 11.3 Å². The van der Waals surface area contributed by atoms with E-state index in [1.807, 2.05) is 23.4 Å². The summed E-state index contributed by atoms with van der Waals surface area (Å²) < 4.78 is 27.2. The molecule has 4 rings (SSSR count). The van der Waals surface area contributed by atoms with Gasteiger partial charge in [0.1, 0.15) is 5.69 Å². The molecule has 2 aliphatic heterocycles. The molecule has 0 unspecified atom stereocenters. The normalized spacial score (nSPS) is 17.7. The molecular formula is C20H25N5O5S2. The second kappa shape index (κ2) is 9.14. The summed E-state index contributed by atoms with van der Waals surface area (Å²) in [5.74, 6) is -0.162. The van der Waals surface area contributed by atoms with Crippen molar-refractivity contribution in [1.82, 2.24) is 14.1 Å². The maximum Gasteiger partial charge on any atom is 0.293 e. The Labute approximate surface area is 190 Å². The first-order valence-electron chi connectivity index (χ1n) is 10.3. The van der Waals surface area contributed by atoms with Gasteiger partial charge in [0, 0.05) is 50.2 Å². The minimum absolute atomic E-state index is 0.106. The first-order chi connectivity index (χ1) is 15.3. The van der Waals surface area contributed by atoms with E-state index >= 15 is 0 Å². The first kappa shape index (κ1) is 22.6. The number of nitro groups is 1. The number of nitrogens with zero attached hydrogens (tertiary/aromatic N) is 4. The predicted molar refractivity (Wildman–Crippen MR) is 121 cm³/mol. The molecule has 172 valence electrons. The number of nitro benzene ring substituents is 1. The van der Waals surface area contributed by atoms with Crippen LogP contribution in [0.4, 0.5) is 11.4 Å². The molecule has 2 aromatic rings. The number of sulfonamides is 1. The molecule has 3 heterocycles. The van der Waals surface area contributed by atoms with E-state index in [2.05, 4.69) is 5.32 Å². The number of benzene rings is 1. The van der Waals surface area contributed by atoms with Gasteiger partial charge in [0.2, 0.25) is 15.9 Å². The standard InChI is InChI=1S/C20H25N5O5S2/c1-22-7-9-24(10-8-22)32(29,30)16-2-3-17(18(12-16)25(27)28)21-13-20(26)23-6-4-19-15(14-23)5-11-31-19/h2-3,5,11-12,21H,4,6-10,13-14H2,1H3.